The number of carbonyl (C=O) groups excluding carboxylic acids is 1. The van der Waals surface area contributed by atoms with E-state index in [4.69, 9.17) is 5.73 Å². The van der Waals surface area contributed by atoms with Crippen molar-refractivity contribution in [2.24, 2.45) is 17.1 Å². The predicted molar refractivity (Wildman–Crippen MR) is 86.6 cm³/mol. The summed E-state index contributed by atoms with van der Waals surface area (Å²) in [4.78, 5) is 14.2. The first-order chi connectivity index (χ1) is 8.99. The van der Waals surface area contributed by atoms with E-state index in [2.05, 4.69) is 44.8 Å². The van der Waals surface area contributed by atoms with Crippen LogP contribution in [-0.2, 0) is 4.79 Å². The van der Waals surface area contributed by atoms with Gasteiger partial charge in [0.1, 0.15) is 0 Å². The van der Waals surface area contributed by atoms with E-state index >= 15 is 0 Å². The van der Waals surface area contributed by atoms with Crippen LogP contribution in [0.1, 0.15) is 53.9 Å². The summed E-state index contributed by atoms with van der Waals surface area (Å²) in [5.74, 6) is 0.651. The summed E-state index contributed by atoms with van der Waals surface area (Å²) in [5.41, 5.74) is 6.24. The van der Waals surface area contributed by atoms with Crippen molar-refractivity contribution in [2.75, 3.05) is 20.6 Å². The van der Waals surface area contributed by atoms with Crippen molar-refractivity contribution < 1.29 is 4.79 Å². The number of hydrogen-bond acceptors (Lipinski definition) is 3. The van der Waals surface area contributed by atoms with Crippen LogP contribution in [0.2, 0.25) is 0 Å². The Morgan fingerprint density at radius 3 is 2.20 bits per heavy atom. The lowest BCUT2D eigenvalue weighted by molar-refractivity contribution is -0.122. The SMILES string of the molecule is CC(C)CC(CN(C)C)NC(=O)CC(N)CC(C)(C)C. The Morgan fingerprint density at radius 1 is 1.25 bits per heavy atom. The zero-order chi connectivity index (χ0) is 15.9. The molecule has 0 aromatic rings. The van der Waals surface area contributed by atoms with Gasteiger partial charge in [0.2, 0.25) is 5.91 Å². The summed E-state index contributed by atoms with van der Waals surface area (Å²) >= 11 is 0. The van der Waals surface area contributed by atoms with Gasteiger partial charge in [0.25, 0.3) is 0 Å². The molecule has 0 aromatic carbocycles. The molecule has 0 aliphatic carbocycles. The number of nitrogens with zero attached hydrogens (tertiary/aromatic N) is 1. The Morgan fingerprint density at radius 2 is 1.80 bits per heavy atom. The van der Waals surface area contributed by atoms with Crippen molar-refractivity contribution in [3.05, 3.63) is 0 Å². The fourth-order valence-electron chi connectivity index (χ4n) is 2.57. The Balaban J connectivity index is 4.30. The molecule has 0 bridgehead atoms. The molecule has 0 aliphatic heterocycles. The molecule has 3 N–H and O–H groups in total. The highest BCUT2D eigenvalue weighted by Crippen LogP contribution is 2.21. The molecule has 0 rings (SSSR count). The Hall–Kier alpha value is -0.610. The lowest BCUT2D eigenvalue weighted by Gasteiger charge is -2.26. The minimum absolute atomic E-state index is 0.0611. The molecular weight excluding hydrogens is 250 g/mol. The van der Waals surface area contributed by atoms with E-state index in [1.165, 1.54) is 0 Å². The molecule has 2 unspecified atom stereocenters. The van der Waals surface area contributed by atoms with Crippen LogP contribution in [0.25, 0.3) is 0 Å². The average Bonchev–Trinajstić information content (AvgIpc) is 2.09. The highest BCUT2D eigenvalue weighted by Gasteiger charge is 2.20. The molecule has 0 heterocycles. The van der Waals surface area contributed by atoms with Crippen molar-refractivity contribution in [3.8, 4) is 0 Å². The second kappa shape index (κ2) is 8.63. The van der Waals surface area contributed by atoms with Crippen molar-refractivity contribution in [1.82, 2.24) is 10.2 Å². The number of nitrogens with two attached hydrogens (primary N) is 1. The van der Waals surface area contributed by atoms with Crippen LogP contribution < -0.4 is 11.1 Å². The summed E-state index contributed by atoms with van der Waals surface area (Å²) in [5, 5.41) is 3.14. The van der Waals surface area contributed by atoms with Gasteiger partial charge in [-0.2, -0.15) is 0 Å². The highest BCUT2D eigenvalue weighted by molar-refractivity contribution is 5.76. The van der Waals surface area contributed by atoms with Crippen LogP contribution in [0.3, 0.4) is 0 Å². The van der Waals surface area contributed by atoms with E-state index in [0.29, 0.717) is 12.3 Å². The summed E-state index contributed by atoms with van der Waals surface area (Å²) in [6.45, 7) is 11.7. The Labute approximate surface area is 125 Å². The monoisotopic (exact) mass is 285 g/mol. The molecule has 120 valence electrons. The van der Waals surface area contributed by atoms with E-state index in [1.54, 1.807) is 0 Å². The summed E-state index contributed by atoms with van der Waals surface area (Å²) in [7, 11) is 4.07. The van der Waals surface area contributed by atoms with Crippen molar-refractivity contribution in [3.63, 3.8) is 0 Å². The summed E-state index contributed by atoms with van der Waals surface area (Å²) in [6.07, 6.45) is 2.28. The first-order valence-corrected chi connectivity index (χ1v) is 7.69. The van der Waals surface area contributed by atoms with Crippen LogP contribution in [0.4, 0.5) is 0 Å². The number of hydrogen-bond donors (Lipinski definition) is 2. The molecule has 4 nitrogen and oxygen atoms in total. The number of likely N-dealkylation sites (N-methyl/N-ethyl adjacent to an activating group) is 1. The fraction of sp³-hybridized carbons (Fsp3) is 0.938. The lowest BCUT2D eigenvalue weighted by Crippen LogP contribution is -2.44. The minimum atomic E-state index is -0.0611. The van der Waals surface area contributed by atoms with Crippen molar-refractivity contribution in [1.29, 1.82) is 0 Å². The van der Waals surface area contributed by atoms with E-state index in [1.807, 2.05) is 14.1 Å². The van der Waals surface area contributed by atoms with Gasteiger partial charge in [-0.15, -0.1) is 0 Å². The Kier molecular flexibility index (Phi) is 8.36. The van der Waals surface area contributed by atoms with Crippen LogP contribution in [0.5, 0.6) is 0 Å². The van der Waals surface area contributed by atoms with Gasteiger partial charge in [-0.1, -0.05) is 34.6 Å². The Bertz CT molecular complexity index is 272. The molecule has 0 spiro atoms. The van der Waals surface area contributed by atoms with Gasteiger partial charge in [0, 0.05) is 25.0 Å². The predicted octanol–water partition coefficient (Wildman–Crippen LogP) is 2.23. The average molecular weight is 285 g/mol. The van der Waals surface area contributed by atoms with Gasteiger partial charge >= 0.3 is 0 Å². The molecule has 0 fully saturated rings. The van der Waals surface area contributed by atoms with Gasteiger partial charge in [-0.05, 0) is 38.3 Å². The zero-order valence-electron chi connectivity index (χ0n) is 14.5. The van der Waals surface area contributed by atoms with Crippen LogP contribution in [0.15, 0.2) is 0 Å². The maximum atomic E-state index is 12.1. The van der Waals surface area contributed by atoms with E-state index < -0.39 is 0 Å². The molecule has 0 saturated heterocycles. The molecule has 20 heavy (non-hydrogen) atoms. The number of amides is 1. The van der Waals surface area contributed by atoms with Crippen molar-refractivity contribution >= 4 is 5.91 Å². The van der Waals surface area contributed by atoms with Crippen LogP contribution in [0, 0.1) is 11.3 Å². The molecule has 0 saturated carbocycles. The van der Waals surface area contributed by atoms with E-state index in [-0.39, 0.29) is 23.4 Å². The summed E-state index contributed by atoms with van der Waals surface area (Å²) < 4.78 is 0. The second-order valence-electron chi connectivity index (χ2n) is 7.89. The number of nitrogens with one attached hydrogen (secondary N) is 1. The van der Waals surface area contributed by atoms with E-state index in [9.17, 15) is 4.79 Å². The molecule has 0 aromatic heterocycles. The molecule has 1 amide bonds. The van der Waals surface area contributed by atoms with Gasteiger partial charge in [-0.3, -0.25) is 4.79 Å². The normalized spacial score (nSPS) is 15.5. The second-order valence-corrected chi connectivity index (χ2v) is 7.89. The smallest absolute Gasteiger partial charge is 0.221 e. The standard InChI is InChI=1S/C16H35N3O/c1-12(2)8-14(11-19(6)7)18-15(20)9-13(17)10-16(3,4)5/h12-14H,8-11,17H2,1-7H3,(H,18,20). The summed E-state index contributed by atoms with van der Waals surface area (Å²) in [6, 6.07) is 0.147. The zero-order valence-corrected chi connectivity index (χ0v) is 14.5. The molecule has 0 aliphatic rings. The van der Waals surface area contributed by atoms with Gasteiger partial charge < -0.3 is 16.0 Å². The van der Waals surface area contributed by atoms with Gasteiger partial charge in [0.15, 0.2) is 0 Å². The maximum absolute atomic E-state index is 12.1. The first-order valence-electron chi connectivity index (χ1n) is 7.69. The van der Waals surface area contributed by atoms with Crippen LogP contribution >= 0.6 is 0 Å². The maximum Gasteiger partial charge on any atom is 0.221 e. The fourth-order valence-corrected chi connectivity index (χ4v) is 2.57. The van der Waals surface area contributed by atoms with Gasteiger partial charge in [-0.25, -0.2) is 0 Å². The third kappa shape index (κ3) is 11.2. The van der Waals surface area contributed by atoms with Gasteiger partial charge in [0.05, 0.1) is 0 Å². The molecule has 0 radical (unpaired) electrons. The molecular formula is C16H35N3O. The third-order valence-corrected chi connectivity index (χ3v) is 3.03. The first kappa shape index (κ1) is 19.4. The molecule has 4 heteroatoms. The minimum Gasteiger partial charge on any atom is -0.352 e. The quantitative estimate of drug-likeness (QED) is 0.719. The van der Waals surface area contributed by atoms with E-state index in [0.717, 1.165) is 19.4 Å². The lowest BCUT2D eigenvalue weighted by atomic mass is 9.87. The topological polar surface area (TPSA) is 58.4 Å². The molecule has 2 atom stereocenters. The number of rotatable bonds is 8. The largest absolute Gasteiger partial charge is 0.352 e. The highest BCUT2D eigenvalue weighted by atomic mass is 16.1. The van der Waals surface area contributed by atoms with Crippen LogP contribution in [-0.4, -0.2) is 43.5 Å². The van der Waals surface area contributed by atoms with Crippen molar-refractivity contribution in [2.45, 2.75) is 66.0 Å². The third-order valence-electron chi connectivity index (χ3n) is 3.03. The number of carbonyl (C=O) groups is 1.